The smallest absolute Gasteiger partial charge is 0.373 e. The zero-order valence-electron chi connectivity index (χ0n) is 5.56. The minimum Gasteiger partial charge on any atom is -0.475 e. The number of hydrogen-bond donors (Lipinski definition) is 2. The van der Waals surface area contributed by atoms with Gasteiger partial charge in [-0.05, 0) is 6.07 Å². The Bertz CT molecular complexity index is 274. The summed E-state index contributed by atoms with van der Waals surface area (Å²) in [5, 5.41) is 17.0. The van der Waals surface area contributed by atoms with E-state index in [4.69, 9.17) is 10.2 Å². The third-order valence-corrected chi connectivity index (χ3v) is 1.07. The number of aromatic nitrogens is 2. The number of carbonyl (C=O) groups is 1. The van der Waals surface area contributed by atoms with Crippen LogP contribution >= 0.6 is 0 Å². The van der Waals surface area contributed by atoms with E-state index in [0.29, 0.717) is 5.69 Å². The van der Waals surface area contributed by atoms with E-state index < -0.39 is 5.97 Å². The second-order valence-corrected chi connectivity index (χ2v) is 1.83. The molecule has 2 N–H and O–H groups in total. The van der Waals surface area contributed by atoms with Gasteiger partial charge in [-0.3, -0.25) is 0 Å². The topological polar surface area (TPSA) is 83.3 Å². The summed E-state index contributed by atoms with van der Waals surface area (Å²) in [6.45, 7) is -0.275. The van der Waals surface area contributed by atoms with Crippen molar-refractivity contribution in [3.8, 4) is 0 Å². The molecular formula is C6H6N2O3. The van der Waals surface area contributed by atoms with Gasteiger partial charge >= 0.3 is 5.97 Å². The van der Waals surface area contributed by atoms with Gasteiger partial charge in [0.25, 0.3) is 0 Å². The standard InChI is InChI=1S/C6H6N2O3/c9-3-4-1-2-7-5(8-4)6(10)11/h1-2,9H,3H2,(H,10,11). The molecule has 0 saturated carbocycles. The maximum absolute atomic E-state index is 10.3. The van der Waals surface area contributed by atoms with Crippen LogP contribution in [0.4, 0.5) is 0 Å². The van der Waals surface area contributed by atoms with E-state index in [-0.39, 0.29) is 12.4 Å². The van der Waals surface area contributed by atoms with Crippen LogP contribution in [0.25, 0.3) is 0 Å². The van der Waals surface area contributed by atoms with Crippen molar-refractivity contribution in [3.63, 3.8) is 0 Å². The zero-order chi connectivity index (χ0) is 8.27. The lowest BCUT2D eigenvalue weighted by atomic mass is 10.4. The highest BCUT2D eigenvalue weighted by atomic mass is 16.4. The molecule has 0 amide bonds. The molecule has 0 unspecified atom stereocenters. The molecule has 0 aromatic carbocycles. The molecule has 5 nitrogen and oxygen atoms in total. The largest absolute Gasteiger partial charge is 0.475 e. The summed E-state index contributed by atoms with van der Waals surface area (Å²) >= 11 is 0. The Labute approximate surface area is 62.4 Å². The van der Waals surface area contributed by atoms with Crippen molar-refractivity contribution >= 4 is 5.97 Å². The van der Waals surface area contributed by atoms with Crippen molar-refractivity contribution in [3.05, 3.63) is 23.8 Å². The number of hydrogen-bond acceptors (Lipinski definition) is 4. The highest BCUT2D eigenvalue weighted by molar-refractivity contribution is 5.82. The Balaban J connectivity index is 3.01. The van der Waals surface area contributed by atoms with Gasteiger partial charge in [0, 0.05) is 6.20 Å². The Morgan fingerprint density at radius 2 is 2.36 bits per heavy atom. The fourth-order valence-corrected chi connectivity index (χ4v) is 0.587. The molecule has 1 rings (SSSR count). The van der Waals surface area contributed by atoms with Gasteiger partial charge in [-0.2, -0.15) is 0 Å². The van der Waals surface area contributed by atoms with Gasteiger partial charge in [0.2, 0.25) is 5.82 Å². The molecule has 0 bridgehead atoms. The summed E-state index contributed by atoms with van der Waals surface area (Å²) in [5.74, 6) is -1.49. The number of aromatic carboxylic acids is 1. The van der Waals surface area contributed by atoms with Crippen LogP contribution in [-0.4, -0.2) is 26.2 Å². The Hall–Kier alpha value is -1.49. The highest BCUT2D eigenvalue weighted by Gasteiger charge is 2.05. The molecule has 0 aliphatic heterocycles. The number of carboxylic acids is 1. The van der Waals surface area contributed by atoms with Crippen molar-refractivity contribution in [2.24, 2.45) is 0 Å². The molecule has 58 valence electrons. The van der Waals surface area contributed by atoms with E-state index in [9.17, 15) is 4.79 Å². The van der Waals surface area contributed by atoms with E-state index in [1.165, 1.54) is 12.3 Å². The third kappa shape index (κ3) is 1.71. The molecule has 0 spiro atoms. The monoisotopic (exact) mass is 154 g/mol. The van der Waals surface area contributed by atoms with Crippen molar-refractivity contribution in [1.29, 1.82) is 0 Å². The van der Waals surface area contributed by atoms with Gasteiger partial charge < -0.3 is 10.2 Å². The van der Waals surface area contributed by atoms with Crippen LogP contribution in [0.5, 0.6) is 0 Å². The van der Waals surface area contributed by atoms with Crippen molar-refractivity contribution in [1.82, 2.24) is 9.97 Å². The quantitative estimate of drug-likeness (QED) is 0.609. The summed E-state index contributed by atoms with van der Waals surface area (Å²) in [7, 11) is 0. The summed E-state index contributed by atoms with van der Waals surface area (Å²) in [4.78, 5) is 17.3. The normalized spacial score (nSPS) is 9.55. The van der Waals surface area contributed by atoms with Crippen LogP contribution in [0.2, 0.25) is 0 Å². The molecule has 0 aliphatic rings. The first-order valence-corrected chi connectivity index (χ1v) is 2.90. The average molecular weight is 154 g/mol. The summed E-state index contributed by atoms with van der Waals surface area (Å²) in [5.41, 5.74) is 0.303. The van der Waals surface area contributed by atoms with Crippen LogP contribution in [0.1, 0.15) is 16.3 Å². The van der Waals surface area contributed by atoms with Crippen LogP contribution < -0.4 is 0 Å². The van der Waals surface area contributed by atoms with E-state index in [0.717, 1.165) is 0 Å². The van der Waals surface area contributed by atoms with Crippen LogP contribution in [0.15, 0.2) is 12.3 Å². The third-order valence-electron chi connectivity index (χ3n) is 1.07. The molecule has 5 heteroatoms. The minimum atomic E-state index is -1.19. The lowest BCUT2D eigenvalue weighted by Crippen LogP contribution is -2.05. The molecule has 0 saturated heterocycles. The predicted octanol–water partition coefficient (Wildman–Crippen LogP) is -0.333. The first kappa shape index (κ1) is 7.62. The van der Waals surface area contributed by atoms with E-state index in [2.05, 4.69) is 9.97 Å². The van der Waals surface area contributed by atoms with E-state index in [1.54, 1.807) is 0 Å². The predicted molar refractivity (Wildman–Crippen MR) is 34.9 cm³/mol. The van der Waals surface area contributed by atoms with Gasteiger partial charge in [-0.15, -0.1) is 0 Å². The van der Waals surface area contributed by atoms with Crippen molar-refractivity contribution in [2.45, 2.75) is 6.61 Å². The van der Waals surface area contributed by atoms with Gasteiger partial charge in [0.05, 0.1) is 12.3 Å². The number of aliphatic hydroxyl groups is 1. The van der Waals surface area contributed by atoms with Gasteiger partial charge in [0.15, 0.2) is 0 Å². The lowest BCUT2D eigenvalue weighted by Gasteiger charge is -1.94. The summed E-state index contributed by atoms with van der Waals surface area (Å²) < 4.78 is 0. The molecule has 1 heterocycles. The van der Waals surface area contributed by atoms with E-state index in [1.807, 2.05) is 0 Å². The fraction of sp³-hybridized carbons (Fsp3) is 0.167. The molecule has 1 aromatic heterocycles. The number of rotatable bonds is 2. The average Bonchev–Trinajstić information content (AvgIpc) is 2.05. The Kier molecular flexibility index (Phi) is 2.12. The second kappa shape index (κ2) is 3.07. The SMILES string of the molecule is O=C(O)c1nccc(CO)n1. The molecule has 1 aromatic rings. The van der Waals surface area contributed by atoms with Crippen molar-refractivity contribution in [2.75, 3.05) is 0 Å². The molecule has 0 radical (unpaired) electrons. The maximum atomic E-state index is 10.3. The van der Waals surface area contributed by atoms with Gasteiger partial charge in [0.1, 0.15) is 0 Å². The molecule has 11 heavy (non-hydrogen) atoms. The fourth-order valence-electron chi connectivity index (χ4n) is 0.587. The molecule has 0 atom stereocenters. The molecule has 0 aliphatic carbocycles. The lowest BCUT2D eigenvalue weighted by molar-refractivity contribution is 0.0682. The van der Waals surface area contributed by atoms with Crippen LogP contribution in [0, 0.1) is 0 Å². The first-order chi connectivity index (χ1) is 5.24. The van der Waals surface area contributed by atoms with Gasteiger partial charge in [-0.1, -0.05) is 0 Å². The Morgan fingerprint density at radius 1 is 1.64 bits per heavy atom. The zero-order valence-corrected chi connectivity index (χ0v) is 5.56. The number of carboxylic acid groups (broad SMARTS) is 1. The van der Waals surface area contributed by atoms with Crippen LogP contribution in [-0.2, 0) is 6.61 Å². The highest BCUT2D eigenvalue weighted by Crippen LogP contribution is 1.94. The first-order valence-electron chi connectivity index (χ1n) is 2.90. The number of nitrogens with zero attached hydrogens (tertiary/aromatic N) is 2. The summed E-state index contributed by atoms with van der Waals surface area (Å²) in [6.07, 6.45) is 1.29. The molecule has 0 fully saturated rings. The second-order valence-electron chi connectivity index (χ2n) is 1.83. The van der Waals surface area contributed by atoms with Crippen LogP contribution in [0.3, 0.4) is 0 Å². The molecular weight excluding hydrogens is 148 g/mol. The minimum absolute atomic E-state index is 0.275. The van der Waals surface area contributed by atoms with E-state index >= 15 is 0 Å². The van der Waals surface area contributed by atoms with Gasteiger partial charge in [-0.25, -0.2) is 14.8 Å². The number of aliphatic hydroxyl groups excluding tert-OH is 1. The maximum Gasteiger partial charge on any atom is 0.373 e. The van der Waals surface area contributed by atoms with Crippen molar-refractivity contribution < 1.29 is 15.0 Å². The Morgan fingerprint density at radius 3 is 2.91 bits per heavy atom. The summed E-state index contributed by atoms with van der Waals surface area (Å²) in [6, 6.07) is 1.45.